The first-order valence-electron chi connectivity index (χ1n) is 8.41. The first kappa shape index (κ1) is 18.1. The summed E-state index contributed by atoms with van der Waals surface area (Å²) in [6.45, 7) is 6.24. The van der Waals surface area contributed by atoms with E-state index in [1.165, 1.54) is 24.2 Å². The molecule has 0 aliphatic rings. The lowest BCUT2D eigenvalue weighted by Crippen LogP contribution is -2.08. The molecule has 0 fully saturated rings. The number of ether oxygens (including phenoxy) is 1. The molecule has 3 aromatic heterocycles. The zero-order valence-electron chi connectivity index (χ0n) is 15.0. The second kappa shape index (κ2) is 7.77. The van der Waals surface area contributed by atoms with E-state index in [4.69, 9.17) is 4.74 Å². The molecular weight excluding hydrogens is 381 g/mol. The second-order valence-corrected chi connectivity index (χ2v) is 6.81. The molecular formula is C18H16FN7OS. The topological polar surface area (TPSA) is 83.0 Å². The fourth-order valence-corrected chi connectivity index (χ4v) is 3.58. The van der Waals surface area contributed by atoms with Gasteiger partial charge in [-0.2, -0.15) is 14.6 Å². The van der Waals surface area contributed by atoms with Crippen LogP contribution < -0.4 is 4.74 Å². The van der Waals surface area contributed by atoms with Gasteiger partial charge in [0.1, 0.15) is 18.0 Å². The maximum absolute atomic E-state index is 13.8. The Labute approximate surface area is 164 Å². The third kappa shape index (κ3) is 3.58. The second-order valence-electron chi connectivity index (χ2n) is 5.83. The smallest absolute Gasteiger partial charge is 0.253 e. The van der Waals surface area contributed by atoms with Crippen LogP contribution in [0.3, 0.4) is 0 Å². The van der Waals surface area contributed by atoms with Gasteiger partial charge in [-0.3, -0.25) is 4.57 Å². The van der Waals surface area contributed by atoms with Crippen molar-refractivity contribution >= 4 is 17.5 Å². The predicted octanol–water partition coefficient (Wildman–Crippen LogP) is 3.08. The molecule has 4 rings (SSSR count). The lowest BCUT2D eigenvalue weighted by atomic mass is 10.3. The van der Waals surface area contributed by atoms with Crippen molar-refractivity contribution in [2.75, 3.05) is 0 Å². The molecule has 0 amide bonds. The van der Waals surface area contributed by atoms with Crippen LogP contribution in [-0.4, -0.2) is 34.3 Å². The molecule has 8 nitrogen and oxygen atoms in total. The molecule has 0 saturated heterocycles. The Bertz CT molecular complexity index is 1140. The molecule has 0 aliphatic heterocycles. The summed E-state index contributed by atoms with van der Waals surface area (Å²) < 4.78 is 22.8. The Morgan fingerprint density at radius 3 is 2.96 bits per heavy atom. The summed E-state index contributed by atoms with van der Waals surface area (Å²) in [7, 11) is 0. The molecule has 4 aromatic rings. The third-order valence-corrected chi connectivity index (χ3v) is 4.83. The highest BCUT2D eigenvalue weighted by atomic mass is 32.2. The molecule has 142 valence electrons. The fraction of sp³-hybridized carbons (Fsp3) is 0.167. The van der Waals surface area contributed by atoms with Crippen LogP contribution in [0.2, 0.25) is 0 Å². The lowest BCUT2D eigenvalue weighted by molar-refractivity contribution is 0.275. The van der Waals surface area contributed by atoms with Crippen molar-refractivity contribution in [3.8, 4) is 5.75 Å². The number of allylic oxidation sites excluding steroid dienone is 1. The summed E-state index contributed by atoms with van der Waals surface area (Å²) >= 11 is 1.38. The van der Waals surface area contributed by atoms with Gasteiger partial charge in [-0.15, -0.1) is 16.8 Å². The molecule has 0 radical (unpaired) electrons. The SMILES string of the molecule is C=CCn1c(COc2ccccc2F)nnc1Sc1cc(C)nc2ncnn12. The summed E-state index contributed by atoms with van der Waals surface area (Å²) in [4.78, 5) is 8.46. The molecule has 0 spiro atoms. The first-order chi connectivity index (χ1) is 13.7. The van der Waals surface area contributed by atoms with Crippen LogP contribution in [0, 0.1) is 12.7 Å². The highest BCUT2D eigenvalue weighted by Crippen LogP contribution is 2.27. The maximum Gasteiger partial charge on any atom is 0.253 e. The van der Waals surface area contributed by atoms with Crippen molar-refractivity contribution in [1.29, 1.82) is 0 Å². The van der Waals surface area contributed by atoms with Crippen molar-refractivity contribution in [1.82, 2.24) is 34.3 Å². The van der Waals surface area contributed by atoms with Crippen molar-refractivity contribution in [3.05, 3.63) is 66.6 Å². The quantitative estimate of drug-likeness (QED) is 0.350. The lowest BCUT2D eigenvalue weighted by Gasteiger charge is -2.10. The van der Waals surface area contributed by atoms with Gasteiger partial charge in [0.15, 0.2) is 22.5 Å². The molecule has 0 bridgehead atoms. The summed E-state index contributed by atoms with van der Waals surface area (Å²) in [6.07, 6.45) is 3.19. The number of halogens is 1. The molecule has 28 heavy (non-hydrogen) atoms. The summed E-state index contributed by atoms with van der Waals surface area (Å²) in [5.41, 5.74) is 0.820. The van der Waals surface area contributed by atoms with E-state index in [2.05, 4.69) is 31.8 Å². The average Bonchev–Trinajstić information content (AvgIpc) is 3.29. The molecule has 0 saturated carbocycles. The van der Waals surface area contributed by atoms with Crippen LogP contribution in [0.5, 0.6) is 5.75 Å². The Morgan fingerprint density at radius 2 is 2.14 bits per heavy atom. The van der Waals surface area contributed by atoms with E-state index in [1.54, 1.807) is 28.8 Å². The predicted molar refractivity (Wildman–Crippen MR) is 101 cm³/mol. The monoisotopic (exact) mass is 397 g/mol. The van der Waals surface area contributed by atoms with Crippen LogP contribution in [0.1, 0.15) is 11.5 Å². The number of aryl methyl sites for hydroxylation is 1. The molecule has 10 heteroatoms. The minimum Gasteiger partial charge on any atom is -0.483 e. The summed E-state index contributed by atoms with van der Waals surface area (Å²) in [5, 5.41) is 14.1. The fourth-order valence-electron chi connectivity index (χ4n) is 2.58. The first-order valence-corrected chi connectivity index (χ1v) is 9.23. The number of hydrogen-bond acceptors (Lipinski definition) is 7. The largest absolute Gasteiger partial charge is 0.483 e. The minimum absolute atomic E-state index is 0.0798. The van der Waals surface area contributed by atoms with Gasteiger partial charge < -0.3 is 4.74 Å². The number of hydrogen-bond donors (Lipinski definition) is 0. The number of fused-ring (bicyclic) bond motifs is 1. The van der Waals surface area contributed by atoms with E-state index < -0.39 is 5.82 Å². The Balaban J connectivity index is 1.62. The Morgan fingerprint density at radius 1 is 1.29 bits per heavy atom. The van der Waals surface area contributed by atoms with Crippen LogP contribution in [0.4, 0.5) is 4.39 Å². The van der Waals surface area contributed by atoms with E-state index in [0.29, 0.717) is 23.3 Å². The number of aromatic nitrogens is 7. The number of para-hydroxylation sites is 1. The van der Waals surface area contributed by atoms with E-state index in [-0.39, 0.29) is 12.4 Å². The summed E-state index contributed by atoms with van der Waals surface area (Å²) in [6, 6.07) is 8.14. The van der Waals surface area contributed by atoms with Crippen LogP contribution in [-0.2, 0) is 13.2 Å². The highest BCUT2D eigenvalue weighted by Gasteiger charge is 2.16. The molecule has 0 aliphatic carbocycles. The Kier molecular flexibility index (Phi) is 5.02. The van der Waals surface area contributed by atoms with Gasteiger partial charge in [0, 0.05) is 12.2 Å². The summed E-state index contributed by atoms with van der Waals surface area (Å²) in [5.74, 6) is 0.818. The number of rotatable bonds is 7. The van der Waals surface area contributed by atoms with Gasteiger partial charge in [-0.25, -0.2) is 9.37 Å². The van der Waals surface area contributed by atoms with Crippen molar-refractivity contribution in [2.45, 2.75) is 30.3 Å². The molecule has 0 unspecified atom stereocenters. The van der Waals surface area contributed by atoms with Crippen LogP contribution in [0.15, 0.2) is 59.5 Å². The van der Waals surface area contributed by atoms with E-state index in [9.17, 15) is 4.39 Å². The molecule has 0 atom stereocenters. The number of benzene rings is 1. The van der Waals surface area contributed by atoms with Gasteiger partial charge in [0.05, 0.1) is 0 Å². The van der Waals surface area contributed by atoms with Crippen LogP contribution >= 0.6 is 11.8 Å². The standard InChI is InChI=1S/C18H16FN7OS/c1-3-8-25-15(10-27-14-7-5-4-6-13(14)19)23-24-18(25)28-16-9-12(2)22-17-20-11-21-26(16)17/h3-7,9,11H,1,8,10H2,2H3. The van der Waals surface area contributed by atoms with Gasteiger partial charge in [-0.1, -0.05) is 18.2 Å². The van der Waals surface area contributed by atoms with Crippen molar-refractivity contribution < 1.29 is 9.13 Å². The van der Waals surface area contributed by atoms with E-state index in [0.717, 1.165) is 10.7 Å². The van der Waals surface area contributed by atoms with Gasteiger partial charge in [0.25, 0.3) is 5.78 Å². The van der Waals surface area contributed by atoms with E-state index >= 15 is 0 Å². The zero-order chi connectivity index (χ0) is 19.5. The van der Waals surface area contributed by atoms with Gasteiger partial charge in [0.2, 0.25) is 0 Å². The van der Waals surface area contributed by atoms with Crippen LogP contribution in [0.25, 0.3) is 5.78 Å². The minimum atomic E-state index is -0.423. The third-order valence-electron chi connectivity index (χ3n) is 3.84. The van der Waals surface area contributed by atoms with Crippen molar-refractivity contribution in [2.24, 2.45) is 0 Å². The van der Waals surface area contributed by atoms with Gasteiger partial charge in [-0.05, 0) is 36.9 Å². The molecule has 1 aromatic carbocycles. The zero-order valence-corrected chi connectivity index (χ0v) is 15.8. The van der Waals surface area contributed by atoms with Gasteiger partial charge >= 0.3 is 0 Å². The average molecular weight is 397 g/mol. The van der Waals surface area contributed by atoms with Crippen molar-refractivity contribution in [3.63, 3.8) is 0 Å². The maximum atomic E-state index is 13.8. The normalized spacial score (nSPS) is 11.1. The molecule has 3 heterocycles. The number of nitrogens with zero attached hydrogens (tertiary/aromatic N) is 7. The highest BCUT2D eigenvalue weighted by molar-refractivity contribution is 7.99. The molecule has 0 N–H and O–H groups in total. The van der Waals surface area contributed by atoms with E-state index in [1.807, 2.05) is 17.6 Å². The Hall–Kier alpha value is -3.27.